The van der Waals surface area contributed by atoms with Crippen LogP contribution >= 0.6 is 0 Å². The highest BCUT2D eigenvalue weighted by Crippen LogP contribution is 2.60. The Labute approximate surface area is 379 Å². The number of carboxylic acid groups (broad SMARTS) is 1. The first-order chi connectivity index (χ1) is 28.7. The molecular weight excluding hydrogens is 785 g/mol. The smallest absolute Gasteiger partial charge is 0.311 e. The number of fused-ring (bicyclic) bond motifs is 5. The zero-order valence-electron chi connectivity index (χ0n) is 43.0. The molecule has 0 radical (unpaired) electrons. The van der Waals surface area contributed by atoms with Crippen LogP contribution in [0.4, 0.5) is 0 Å². The quantitative estimate of drug-likeness (QED) is 0.0904. The molecule has 364 valence electrons. The minimum atomic E-state index is -0.722. The molecule has 4 fully saturated rings. The van der Waals surface area contributed by atoms with Gasteiger partial charge in [0, 0.05) is 0 Å². The first-order valence-corrected chi connectivity index (χ1v) is 24.7. The van der Waals surface area contributed by atoms with E-state index in [0.717, 1.165) is 63.2 Å². The Bertz CT molecular complexity index is 1320. The van der Waals surface area contributed by atoms with E-state index >= 15 is 0 Å². The van der Waals surface area contributed by atoms with Gasteiger partial charge in [-0.3, -0.25) is 24.0 Å². The zero-order chi connectivity index (χ0) is 48.1. The number of unbranched alkanes of at least 4 members (excludes halogenated alkanes) is 1. The van der Waals surface area contributed by atoms with Gasteiger partial charge in [-0.2, -0.15) is 0 Å². The molecule has 10 nitrogen and oxygen atoms in total. The maximum absolute atomic E-state index is 12.3. The summed E-state index contributed by atoms with van der Waals surface area (Å²) in [6.07, 6.45) is 19.2. The number of carbonyl (C=O) groups excluding carboxylic acids is 4. The van der Waals surface area contributed by atoms with Gasteiger partial charge >= 0.3 is 29.8 Å². The lowest BCUT2D eigenvalue weighted by molar-refractivity contribution is -0.163. The number of rotatable bonds is 16. The third-order valence-electron chi connectivity index (χ3n) is 14.7. The number of hydrogen-bond acceptors (Lipinski definition) is 9. The lowest BCUT2D eigenvalue weighted by Crippen LogP contribution is -2.33. The van der Waals surface area contributed by atoms with Crippen LogP contribution in [0, 0.1) is 50.7 Å². The fourth-order valence-electron chi connectivity index (χ4n) is 7.54. The second-order valence-electron chi connectivity index (χ2n) is 21.4. The normalized spacial score (nSPS) is 22.0. The van der Waals surface area contributed by atoms with Crippen LogP contribution in [0.15, 0.2) is 0 Å². The van der Waals surface area contributed by atoms with E-state index in [1.54, 1.807) is 13.8 Å². The summed E-state index contributed by atoms with van der Waals surface area (Å²) >= 11 is 0. The molecule has 4 aliphatic carbocycles. The van der Waals surface area contributed by atoms with E-state index in [2.05, 4.69) is 13.8 Å². The molecule has 0 heterocycles. The molecule has 4 rings (SSSR count). The van der Waals surface area contributed by atoms with Gasteiger partial charge in [0.15, 0.2) is 0 Å². The number of aliphatic carboxylic acids is 1. The summed E-state index contributed by atoms with van der Waals surface area (Å²) in [5.41, 5.74) is -1.78. The van der Waals surface area contributed by atoms with Gasteiger partial charge in [0.25, 0.3) is 0 Å². The highest BCUT2D eigenvalue weighted by Gasteiger charge is 2.57. The maximum Gasteiger partial charge on any atom is 0.311 e. The number of carbonyl (C=O) groups is 5. The van der Waals surface area contributed by atoms with Gasteiger partial charge in [-0.05, 0) is 190 Å². The number of ether oxygens (including phenoxy) is 4. The van der Waals surface area contributed by atoms with Crippen molar-refractivity contribution in [1.29, 1.82) is 0 Å². The van der Waals surface area contributed by atoms with E-state index in [4.69, 9.17) is 24.1 Å². The Morgan fingerprint density at radius 2 is 0.839 bits per heavy atom. The minimum Gasteiger partial charge on any atom is -0.481 e. The van der Waals surface area contributed by atoms with Crippen molar-refractivity contribution < 1.29 is 48.0 Å². The van der Waals surface area contributed by atoms with Crippen LogP contribution in [0.3, 0.4) is 0 Å². The molecule has 4 saturated carbocycles. The lowest BCUT2D eigenvalue weighted by atomic mass is 9.82. The predicted molar refractivity (Wildman–Crippen MR) is 250 cm³/mol. The topological polar surface area (TPSA) is 142 Å². The summed E-state index contributed by atoms with van der Waals surface area (Å²) in [5, 5.41) is 8.44. The molecule has 0 aromatic heterocycles. The summed E-state index contributed by atoms with van der Waals surface area (Å²) in [7, 11) is 0. The highest BCUT2D eigenvalue weighted by molar-refractivity contribution is 5.77. The van der Waals surface area contributed by atoms with Crippen molar-refractivity contribution in [3.05, 3.63) is 0 Å². The van der Waals surface area contributed by atoms with Gasteiger partial charge in [0.2, 0.25) is 0 Å². The number of esters is 4. The van der Waals surface area contributed by atoms with Crippen LogP contribution < -0.4 is 0 Å². The first-order valence-electron chi connectivity index (χ1n) is 24.7. The lowest BCUT2D eigenvalue weighted by Gasteiger charge is -2.27. The second kappa shape index (κ2) is 27.6. The van der Waals surface area contributed by atoms with Crippen molar-refractivity contribution in [2.75, 3.05) is 13.2 Å². The molecule has 4 aliphatic rings. The van der Waals surface area contributed by atoms with E-state index < -0.39 is 11.4 Å². The van der Waals surface area contributed by atoms with E-state index in [1.165, 1.54) is 51.4 Å². The minimum absolute atomic E-state index is 0.0214. The Balaban J connectivity index is 0.000000774. The number of carboxylic acids is 1. The Hall–Kier alpha value is -2.65. The van der Waals surface area contributed by atoms with Gasteiger partial charge in [0.1, 0.15) is 12.2 Å². The monoisotopic (exact) mass is 881 g/mol. The Kier molecular flexibility index (Phi) is 26.4. The second-order valence-corrected chi connectivity index (χ2v) is 21.4. The largest absolute Gasteiger partial charge is 0.481 e. The van der Waals surface area contributed by atoms with Gasteiger partial charge in [-0.15, -0.1) is 0 Å². The third-order valence-corrected chi connectivity index (χ3v) is 14.7. The molecule has 4 atom stereocenters. The van der Waals surface area contributed by atoms with Gasteiger partial charge in [0.05, 0.1) is 40.3 Å². The molecule has 0 aromatic rings. The van der Waals surface area contributed by atoms with Crippen LogP contribution in [-0.2, 0) is 42.9 Å². The van der Waals surface area contributed by atoms with Crippen LogP contribution in [0.25, 0.3) is 0 Å². The molecule has 0 aromatic carbocycles. The fraction of sp³-hybridized carbons (Fsp3) is 0.904. The van der Waals surface area contributed by atoms with Gasteiger partial charge in [-0.25, -0.2) is 0 Å². The zero-order valence-corrected chi connectivity index (χ0v) is 43.0. The van der Waals surface area contributed by atoms with E-state index in [0.29, 0.717) is 31.5 Å². The molecular formula is C52H96O10. The molecule has 0 aliphatic heterocycles. The summed E-state index contributed by atoms with van der Waals surface area (Å²) in [6.45, 7) is 33.9. The van der Waals surface area contributed by atoms with Crippen molar-refractivity contribution in [2.24, 2.45) is 50.7 Å². The number of hydrogen-bond donors (Lipinski definition) is 1. The molecule has 4 unspecified atom stereocenters. The van der Waals surface area contributed by atoms with Crippen molar-refractivity contribution in [3.8, 4) is 0 Å². The fourth-order valence-corrected chi connectivity index (χ4v) is 7.54. The average molecular weight is 881 g/mol. The first kappa shape index (κ1) is 59.4. The summed E-state index contributed by atoms with van der Waals surface area (Å²) in [4.78, 5) is 56.7. The summed E-state index contributed by atoms with van der Waals surface area (Å²) < 4.78 is 21.4. The molecule has 0 saturated heterocycles. The van der Waals surface area contributed by atoms with E-state index in [1.807, 2.05) is 90.0 Å². The van der Waals surface area contributed by atoms with Crippen molar-refractivity contribution in [2.45, 2.75) is 239 Å². The SMILES string of the molecule is CCC(C)(C)C(=O)O.CCC(C)(C)C(=O)OC1C2CCC1C1CCCC12.CCC(C)(C)C(=O)OC1CCCCC1.CCCCOC(=O)C(C)(C)CC.CCOC(=O)C(C)(C)CC. The van der Waals surface area contributed by atoms with Crippen molar-refractivity contribution >= 4 is 29.8 Å². The van der Waals surface area contributed by atoms with Crippen LogP contribution in [0.1, 0.15) is 227 Å². The van der Waals surface area contributed by atoms with Gasteiger partial charge < -0.3 is 24.1 Å². The third kappa shape index (κ3) is 19.2. The summed E-state index contributed by atoms with van der Waals surface area (Å²) in [5.74, 6) is 2.27. The Morgan fingerprint density at radius 1 is 0.452 bits per heavy atom. The molecule has 0 spiro atoms. The molecule has 0 amide bonds. The van der Waals surface area contributed by atoms with Crippen LogP contribution in [0.2, 0.25) is 0 Å². The standard InChI is InChI=1S/C16H26O2.C12H22O2.C10H20O2.C8H16O2.C6H12O2/c1-4-16(2,3)15(17)18-14-12-8-9-13(14)11-7-5-6-10(11)12;1-4-12(2,3)11(13)14-10-8-6-5-7-9-10;1-5-7-8-12-9(11)10(3,4)6-2;1-5-8(3,4)7(9)10-6-2;1-4-6(2,3)5(7)8/h10-14H,4-9H2,1-3H3;10H,4-9H2,1-3H3;5-8H2,1-4H3;5-6H2,1-4H3;4H2,1-3H3,(H,7,8). The molecule has 62 heavy (non-hydrogen) atoms. The van der Waals surface area contributed by atoms with E-state index in [9.17, 15) is 24.0 Å². The van der Waals surface area contributed by atoms with Crippen LogP contribution in [0.5, 0.6) is 0 Å². The maximum atomic E-state index is 12.3. The molecule has 10 heteroatoms. The van der Waals surface area contributed by atoms with Crippen molar-refractivity contribution in [3.63, 3.8) is 0 Å². The highest BCUT2D eigenvalue weighted by atomic mass is 16.6. The summed E-state index contributed by atoms with van der Waals surface area (Å²) in [6, 6.07) is 0. The van der Waals surface area contributed by atoms with Gasteiger partial charge in [-0.1, -0.05) is 60.8 Å². The molecule has 1 N–H and O–H groups in total. The average Bonchev–Trinajstić information content (AvgIpc) is 3.96. The molecule has 2 bridgehead atoms. The van der Waals surface area contributed by atoms with E-state index in [-0.39, 0.29) is 57.7 Å². The Morgan fingerprint density at radius 3 is 1.19 bits per heavy atom. The predicted octanol–water partition coefficient (Wildman–Crippen LogP) is 13.3. The van der Waals surface area contributed by atoms with Crippen molar-refractivity contribution in [1.82, 2.24) is 0 Å². The van der Waals surface area contributed by atoms with Crippen LogP contribution in [-0.4, -0.2) is 60.4 Å².